The number of piperidine rings is 1. The van der Waals surface area contributed by atoms with Gasteiger partial charge in [-0.2, -0.15) is 18.3 Å². The van der Waals surface area contributed by atoms with E-state index in [1.54, 1.807) is 18.0 Å². The highest BCUT2D eigenvalue weighted by Crippen LogP contribution is 2.47. The second-order valence-corrected chi connectivity index (χ2v) is 10.6. The van der Waals surface area contributed by atoms with Gasteiger partial charge >= 0.3 is 6.18 Å². The van der Waals surface area contributed by atoms with Crippen molar-refractivity contribution in [2.24, 2.45) is 11.8 Å². The van der Waals surface area contributed by atoms with Crippen LogP contribution in [-0.4, -0.2) is 48.1 Å². The molecule has 0 radical (unpaired) electrons. The van der Waals surface area contributed by atoms with Crippen molar-refractivity contribution in [3.8, 4) is 11.3 Å². The van der Waals surface area contributed by atoms with Crippen LogP contribution in [0.2, 0.25) is 5.02 Å². The highest BCUT2D eigenvalue weighted by molar-refractivity contribution is 6.31. The minimum absolute atomic E-state index is 0.0828. The first-order valence-corrected chi connectivity index (χ1v) is 13.2. The zero-order valence-electron chi connectivity index (χ0n) is 22.0. The molecule has 1 aromatic carbocycles. The highest BCUT2D eigenvalue weighted by Gasteiger charge is 2.53. The van der Waals surface area contributed by atoms with E-state index in [9.17, 15) is 27.2 Å². The predicted molar refractivity (Wildman–Crippen MR) is 142 cm³/mol. The topological polar surface area (TPSA) is 119 Å². The van der Waals surface area contributed by atoms with Gasteiger partial charge in [-0.25, -0.2) is 14.4 Å². The van der Waals surface area contributed by atoms with Crippen LogP contribution in [0.5, 0.6) is 0 Å². The summed E-state index contributed by atoms with van der Waals surface area (Å²) in [4.78, 5) is 43.8. The minimum atomic E-state index is -4.90. The standard InChI is InChI=1S/C27H21ClF4N8O2/c1-12-24(39-10-14-5-16(14)26(39)42)34-9-19(36-12)13(2)40-11-15(6-35-40)37-25(41)21-8-33-7-20(38-21)22-17(27(30,31)32)3-4-18(28)23(22)29/h3-4,6-9,11,13-14,16H,5,10H2,1-2H3,(H,37,41)/t13-,14-,16-/m1/s1. The van der Waals surface area contributed by atoms with Crippen LogP contribution in [-0.2, 0) is 11.0 Å². The summed E-state index contributed by atoms with van der Waals surface area (Å²) < 4.78 is 56.9. The van der Waals surface area contributed by atoms with Crippen molar-refractivity contribution in [2.75, 3.05) is 16.8 Å². The van der Waals surface area contributed by atoms with E-state index in [2.05, 4.69) is 30.4 Å². The number of rotatable bonds is 6. The van der Waals surface area contributed by atoms with Crippen molar-refractivity contribution in [3.05, 3.63) is 76.6 Å². The number of benzene rings is 1. The molecule has 3 aromatic heterocycles. The summed E-state index contributed by atoms with van der Waals surface area (Å²) in [6.07, 6.45) is 2.46. The SMILES string of the molecule is Cc1nc([C@@H](C)n2cc(NC(=O)c3cncc(-c4c(C(F)(F)F)ccc(Cl)c4F)n3)cn2)cnc1N1C[C@H]2C[C@H]2C1=O. The van der Waals surface area contributed by atoms with Crippen molar-refractivity contribution in [1.29, 1.82) is 0 Å². The minimum Gasteiger partial charge on any atom is -0.318 e. The van der Waals surface area contributed by atoms with Crippen LogP contribution in [0.3, 0.4) is 0 Å². The lowest BCUT2D eigenvalue weighted by molar-refractivity contribution is -0.137. The van der Waals surface area contributed by atoms with Crippen molar-refractivity contribution < 1.29 is 27.2 Å². The number of halogens is 5. The van der Waals surface area contributed by atoms with Gasteiger partial charge in [-0.15, -0.1) is 0 Å². The summed E-state index contributed by atoms with van der Waals surface area (Å²) in [5.41, 5.74) is -1.63. The molecule has 42 heavy (non-hydrogen) atoms. The summed E-state index contributed by atoms with van der Waals surface area (Å²) in [6, 6.07) is 1.04. The monoisotopic (exact) mass is 600 g/mol. The Bertz CT molecular complexity index is 1740. The van der Waals surface area contributed by atoms with Gasteiger partial charge in [0.2, 0.25) is 5.91 Å². The lowest BCUT2D eigenvalue weighted by Crippen LogP contribution is -2.30. The molecule has 0 bridgehead atoms. The number of alkyl halides is 3. The van der Waals surface area contributed by atoms with Gasteiger partial charge < -0.3 is 5.32 Å². The average molecular weight is 601 g/mol. The molecule has 15 heteroatoms. The fourth-order valence-electron chi connectivity index (χ4n) is 5.00. The lowest BCUT2D eigenvalue weighted by Gasteiger charge is -2.20. The molecule has 3 atom stereocenters. The first-order valence-electron chi connectivity index (χ1n) is 12.8. The van der Waals surface area contributed by atoms with Crippen molar-refractivity contribution in [2.45, 2.75) is 32.5 Å². The van der Waals surface area contributed by atoms with Crippen LogP contribution in [0.4, 0.5) is 29.1 Å². The van der Waals surface area contributed by atoms with Gasteiger partial charge in [0.1, 0.15) is 5.69 Å². The molecular weight excluding hydrogens is 580 g/mol. The number of fused-ring (bicyclic) bond motifs is 1. The van der Waals surface area contributed by atoms with Gasteiger partial charge in [0.25, 0.3) is 5.91 Å². The number of anilines is 2. The largest absolute Gasteiger partial charge is 0.417 e. The molecule has 0 spiro atoms. The van der Waals surface area contributed by atoms with E-state index in [4.69, 9.17) is 11.6 Å². The molecule has 4 heterocycles. The summed E-state index contributed by atoms with van der Waals surface area (Å²) >= 11 is 5.72. The highest BCUT2D eigenvalue weighted by atomic mass is 35.5. The van der Waals surface area contributed by atoms with Crippen molar-refractivity contribution in [1.82, 2.24) is 29.7 Å². The van der Waals surface area contributed by atoms with Crippen LogP contribution in [0.25, 0.3) is 11.3 Å². The van der Waals surface area contributed by atoms with Crippen LogP contribution >= 0.6 is 11.6 Å². The summed E-state index contributed by atoms with van der Waals surface area (Å²) in [6.45, 7) is 4.26. The number of nitrogens with zero attached hydrogens (tertiary/aromatic N) is 7. The van der Waals surface area contributed by atoms with E-state index in [1.165, 1.54) is 17.1 Å². The van der Waals surface area contributed by atoms with Crippen LogP contribution in [0.15, 0.2) is 43.1 Å². The maximum atomic E-state index is 14.7. The summed E-state index contributed by atoms with van der Waals surface area (Å²) in [5, 5.41) is 6.29. The normalized spacial score (nSPS) is 18.6. The smallest absolute Gasteiger partial charge is 0.318 e. The average Bonchev–Trinajstić information content (AvgIpc) is 3.45. The third-order valence-electron chi connectivity index (χ3n) is 7.33. The molecule has 10 nitrogen and oxygen atoms in total. The van der Waals surface area contributed by atoms with E-state index in [0.29, 0.717) is 35.7 Å². The Balaban J connectivity index is 1.19. The first kappa shape index (κ1) is 27.7. The van der Waals surface area contributed by atoms with Crippen LogP contribution < -0.4 is 10.2 Å². The van der Waals surface area contributed by atoms with Gasteiger partial charge in [0.05, 0.1) is 69.7 Å². The van der Waals surface area contributed by atoms with Crippen molar-refractivity contribution in [3.63, 3.8) is 0 Å². The van der Waals surface area contributed by atoms with Gasteiger partial charge in [-0.05, 0) is 38.3 Å². The fourth-order valence-corrected chi connectivity index (χ4v) is 5.16. The Hall–Kier alpha value is -4.46. The van der Waals surface area contributed by atoms with E-state index in [-0.39, 0.29) is 23.2 Å². The maximum absolute atomic E-state index is 14.7. The second kappa shape index (κ2) is 10.1. The predicted octanol–water partition coefficient (Wildman–Crippen LogP) is 5.09. The molecule has 2 fully saturated rings. The van der Waals surface area contributed by atoms with Gasteiger partial charge in [0.15, 0.2) is 11.6 Å². The number of hydrogen-bond donors (Lipinski definition) is 1. The first-order chi connectivity index (χ1) is 19.9. The van der Waals surface area contributed by atoms with Gasteiger partial charge in [0, 0.05) is 18.7 Å². The molecule has 0 unspecified atom stereocenters. The molecule has 4 aromatic rings. The number of nitrogens with one attached hydrogen (secondary N) is 1. The quantitative estimate of drug-likeness (QED) is 0.306. The maximum Gasteiger partial charge on any atom is 0.417 e. The van der Waals surface area contributed by atoms with E-state index >= 15 is 0 Å². The molecule has 2 amide bonds. The Morgan fingerprint density at radius 3 is 2.64 bits per heavy atom. The Kier molecular flexibility index (Phi) is 6.67. The Morgan fingerprint density at radius 1 is 1.17 bits per heavy atom. The fraction of sp³-hybridized carbons (Fsp3) is 0.296. The van der Waals surface area contributed by atoms with Gasteiger partial charge in [-0.3, -0.25) is 29.1 Å². The Morgan fingerprint density at radius 2 is 1.95 bits per heavy atom. The zero-order valence-corrected chi connectivity index (χ0v) is 22.8. The second-order valence-electron chi connectivity index (χ2n) is 10.2. The molecule has 2 aliphatic rings. The summed E-state index contributed by atoms with van der Waals surface area (Å²) in [5.74, 6) is -1.01. The number of carbonyl (C=O) groups is 2. The van der Waals surface area contributed by atoms with E-state index in [1.807, 2.05) is 6.92 Å². The van der Waals surface area contributed by atoms with Crippen LogP contribution in [0, 0.1) is 24.6 Å². The number of carbonyl (C=O) groups excluding carboxylic acids is 2. The molecule has 1 aliphatic heterocycles. The number of aromatic nitrogens is 6. The molecule has 1 aliphatic carbocycles. The number of hydrogen-bond acceptors (Lipinski definition) is 7. The molecule has 1 saturated heterocycles. The molecule has 1 N–H and O–H groups in total. The van der Waals surface area contributed by atoms with E-state index < -0.39 is 45.8 Å². The van der Waals surface area contributed by atoms with Crippen LogP contribution in [0.1, 0.15) is 46.8 Å². The third-order valence-corrected chi connectivity index (χ3v) is 7.62. The van der Waals surface area contributed by atoms with Crippen molar-refractivity contribution >= 4 is 34.9 Å². The molecule has 1 saturated carbocycles. The molecule has 216 valence electrons. The molecule has 6 rings (SSSR count). The lowest BCUT2D eigenvalue weighted by atomic mass is 10.0. The third kappa shape index (κ3) is 4.95. The number of aryl methyl sites for hydroxylation is 1. The molecular formula is C27H21ClF4N8O2. The Labute approximate surface area is 240 Å². The van der Waals surface area contributed by atoms with E-state index in [0.717, 1.165) is 24.9 Å². The van der Waals surface area contributed by atoms with Gasteiger partial charge in [-0.1, -0.05) is 11.6 Å². The zero-order chi connectivity index (χ0) is 29.9. The number of amides is 2. The summed E-state index contributed by atoms with van der Waals surface area (Å²) in [7, 11) is 0.